The van der Waals surface area contributed by atoms with E-state index in [-0.39, 0.29) is 0 Å². The molecule has 0 saturated carbocycles. The molecular weight excluding hydrogens is 292 g/mol. The summed E-state index contributed by atoms with van der Waals surface area (Å²) in [7, 11) is 0. The fourth-order valence-electron chi connectivity index (χ4n) is 1.62. The summed E-state index contributed by atoms with van der Waals surface area (Å²) in [6.07, 6.45) is 2.86. The van der Waals surface area contributed by atoms with Gasteiger partial charge in [-0.1, -0.05) is 84.9 Å². The van der Waals surface area contributed by atoms with E-state index in [1.54, 1.807) is 0 Å². The van der Waals surface area contributed by atoms with Crippen molar-refractivity contribution in [1.29, 1.82) is 0 Å². The lowest BCUT2D eigenvalue weighted by molar-refractivity contribution is 0.159. The van der Waals surface area contributed by atoms with Gasteiger partial charge in [0, 0.05) is 0 Å². The molecule has 0 aliphatic rings. The highest BCUT2D eigenvalue weighted by atomic mass is 16.5. The maximum Gasteiger partial charge on any atom is 0.0947 e. The highest BCUT2D eigenvalue weighted by Gasteiger charge is 2.20. The molecule has 0 aromatic heterocycles. The van der Waals surface area contributed by atoms with Gasteiger partial charge in [-0.15, -0.1) is 13.2 Å². The molecule has 0 fully saturated rings. The average molecular weight is 335 g/mol. The van der Waals surface area contributed by atoms with E-state index in [1.807, 2.05) is 20.8 Å². The van der Waals surface area contributed by atoms with E-state index in [4.69, 9.17) is 4.74 Å². The van der Waals surface area contributed by atoms with E-state index in [0.29, 0.717) is 17.4 Å². The van der Waals surface area contributed by atoms with Crippen LogP contribution in [0.15, 0.2) is 50.3 Å². The molecule has 1 nitrogen and oxygen atoms in total. The number of rotatable bonds is 4. The third-order valence-corrected chi connectivity index (χ3v) is 3.78. The van der Waals surface area contributed by atoms with Crippen LogP contribution in [-0.2, 0) is 4.74 Å². The summed E-state index contributed by atoms with van der Waals surface area (Å²) in [6.45, 7) is 28.8. The highest BCUT2D eigenvalue weighted by molar-refractivity contribution is 5.25. The van der Waals surface area contributed by atoms with Gasteiger partial charge < -0.3 is 4.74 Å². The normalized spacial score (nSPS) is 11.9. The summed E-state index contributed by atoms with van der Waals surface area (Å²) in [5, 5.41) is 0. The van der Waals surface area contributed by atoms with Crippen molar-refractivity contribution in [3.8, 4) is 0 Å². The van der Waals surface area contributed by atoms with Gasteiger partial charge in [0.05, 0.1) is 12.4 Å². The van der Waals surface area contributed by atoms with Gasteiger partial charge in [0.25, 0.3) is 0 Å². The van der Waals surface area contributed by atoms with Crippen molar-refractivity contribution in [2.45, 2.75) is 80.8 Å². The van der Waals surface area contributed by atoms with E-state index < -0.39 is 0 Å². The molecular formula is C23H42O. The van der Waals surface area contributed by atoms with Crippen LogP contribution in [0.3, 0.4) is 0 Å². The molecule has 0 aliphatic heterocycles. The standard InChI is InChI=1S/C13H20.C6H12O.C2H6.C2H4/c1-10-6-8-12(9-7-10)11(2)13(3,4)5;1-4-6(3)7-5-2;2*1-2/h6-9,11H,1-5H3;5-6H,2,4H2,1,3H3;1-2H3;1-2H2. The first kappa shape index (κ1) is 27.4. The minimum Gasteiger partial charge on any atom is -0.499 e. The zero-order valence-electron chi connectivity index (χ0n) is 17.8. The zero-order chi connectivity index (χ0) is 19.8. The number of ether oxygens (including phenoxy) is 1. The molecule has 1 aromatic carbocycles. The van der Waals surface area contributed by atoms with Gasteiger partial charge in [-0.3, -0.25) is 0 Å². The Morgan fingerprint density at radius 2 is 1.46 bits per heavy atom. The van der Waals surface area contributed by atoms with E-state index in [9.17, 15) is 0 Å². The van der Waals surface area contributed by atoms with Crippen molar-refractivity contribution in [2.75, 3.05) is 0 Å². The van der Waals surface area contributed by atoms with Crippen LogP contribution in [-0.4, -0.2) is 6.10 Å². The summed E-state index contributed by atoms with van der Waals surface area (Å²) in [5.74, 6) is 0.619. The molecule has 0 N–H and O–H groups in total. The topological polar surface area (TPSA) is 9.23 Å². The van der Waals surface area contributed by atoms with Crippen molar-refractivity contribution < 1.29 is 4.74 Å². The quantitative estimate of drug-likeness (QED) is 0.401. The molecule has 2 unspecified atom stereocenters. The van der Waals surface area contributed by atoms with Gasteiger partial charge in [-0.2, -0.15) is 0 Å². The van der Waals surface area contributed by atoms with Gasteiger partial charge in [-0.05, 0) is 37.2 Å². The summed E-state index contributed by atoms with van der Waals surface area (Å²) < 4.78 is 4.95. The third kappa shape index (κ3) is 14.1. The summed E-state index contributed by atoms with van der Waals surface area (Å²) in [4.78, 5) is 0. The lowest BCUT2D eigenvalue weighted by atomic mass is 9.78. The summed E-state index contributed by atoms with van der Waals surface area (Å²) in [6, 6.07) is 8.87. The minimum atomic E-state index is 0.331. The van der Waals surface area contributed by atoms with E-state index >= 15 is 0 Å². The molecule has 1 heteroatoms. The Morgan fingerprint density at radius 1 is 1.04 bits per heavy atom. The Kier molecular flexibility index (Phi) is 18.6. The fraction of sp³-hybridized carbons (Fsp3) is 0.565. The molecule has 2 atom stereocenters. The number of aryl methyl sites for hydroxylation is 1. The van der Waals surface area contributed by atoms with Crippen LogP contribution in [0.4, 0.5) is 0 Å². The maximum atomic E-state index is 4.95. The second kappa shape index (κ2) is 16.4. The average Bonchev–Trinajstić information content (AvgIpc) is 2.58. The van der Waals surface area contributed by atoms with Crippen molar-refractivity contribution in [3.05, 3.63) is 61.4 Å². The van der Waals surface area contributed by atoms with Crippen LogP contribution < -0.4 is 0 Å². The molecule has 0 aliphatic carbocycles. The SMILES string of the molecule is C=C.C=COC(C)CC.CC.Cc1ccc(C(C)C(C)(C)C)cc1. The second-order valence-corrected chi connectivity index (χ2v) is 6.52. The highest BCUT2D eigenvalue weighted by Crippen LogP contribution is 2.34. The maximum absolute atomic E-state index is 4.95. The number of benzene rings is 1. The van der Waals surface area contributed by atoms with Crippen molar-refractivity contribution >= 4 is 0 Å². The van der Waals surface area contributed by atoms with Crippen LogP contribution in [0.5, 0.6) is 0 Å². The van der Waals surface area contributed by atoms with Crippen LogP contribution in [0.25, 0.3) is 0 Å². The second-order valence-electron chi connectivity index (χ2n) is 6.52. The van der Waals surface area contributed by atoms with Crippen molar-refractivity contribution in [3.63, 3.8) is 0 Å². The molecule has 0 amide bonds. The molecule has 140 valence electrons. The zero-order valence-corrected chi connectivity index (χ0v) is 17.8. The Bertz CT molecular complexity index is 383. The van der Waals surface area contributed by atoms with Crippen LogP contribution >= 0.6 is 0 Å². The minimum absolute atomic E-state index is 0.331. The summed E-state index contributed by atoms with van der Waals surface area (Å²) in [5.41, 5.74) is 3.14. The van der Waals surface area contributed by atoms with Crippen LogP contribution in [0.1, 0.15) is 78.9 Å². The van der Waals surface area contributed by atoms with E-state index in [2.05, 4.69) is 85.5 Å². The van der Waals surface area contributed by atoms with Gasteiger partial charge in [-0.25, -0.2) is 0 Å². The molecule has 24 heavy (non-hydrogen) atoms. The van der Waals surface area contributed by atoms with Gasteiger partial charge >= 0.3 is 0 Å². The smallest absolute Gasteiger partial charge is 0.0947 e. The predicted octanol–water partition coefficient (Wildman–Crippen LogP) is 7.92. The monoisotopic (exact) mass is 334 g/mol. The molecule has 0 saturated heterocycles. The Balaban J connectivity index is -0.000000341. The fourth-order valence-corrected chi connectivity index (χ4v) is 1.62. The van der Waals surface area contributed by atoms with E-state index in [0.717, 1.165) is 6.42 Å². The molecule has 0 spiro atoms. The largest absolute Gasteiger partial charge is 0.499 e. The molecule has 1 rings (SSSR count). The van der Waals surface area contributed by atoms with Crippen molar-refractivity contribution in [1.82, 2.24) is 0 Å². The van der Waals surface area contributed by atoms with Crippen molar-refractivity contribution in [2.24, 2.45) is 5.41 Å². The van der Waals surface area contributed by atoms with Crippen LogP contribution in [0.2, 0.25) is 0 Å². The Hall–Kier alpha value is -1.50. The summed E-state index contributed by atoms with van der Waals surface area (Å²) >= 11 is 0. The van der Waals surface area contributed by atoms with Crippen LogP contribution in [0, 0.1) is 12.3 Å². The lowest BCUT2D eigenvalue weighted by Gasteiger charge is -2.27. The number of hydrogen-bond donors (Lipinski definition) is 0. The first-order chi connectivity index (χ1) is 11.2. The van der Waals surface area contributed by atoms with Gasteiger partial charge in [0.15, 0.2) is 0 Å². The first-order valence-electron chi connectivity index (χ1n) is 9.05. The molecule has 1 aromatic rings. The van der Waals surface area contributed by atoms with E-state index in [1.165, 1.54) is 17.4 Å². The first-order valence-corrected chi connectivity index (χ1v) is 9.05. The third-order valence-electron chi connectivity index (χ3n) is 3.78. The lowest BCUT2D eigenvalue weighted by Crippen LogP contribution is -2.15. The van der Waals surface area contributed by atoms with Gasteiger partial charge in [0.2, 0.25) is 0 Å². The predicted molar refractivity (Wildman–Crippen MR) is 113 cm³/mol. The Labute approximate surface area is 152 Å². The molecule has 0 radical (unpaired) electrons. The number of hydrogen-bond acceptors (Lipinski definition) is 1. The Morgan fingerprint density at radius 3 is 1.71 bits per heavy atom. The molecule has 0 bridgehead atoms. The molecule has 0 heterocycles. The van der Waals surface area contributed by atoms with Gasteiger partial charge in [0.1, 0.15) is 0 Å².